The average Bonchev–Trinajstić information content (AvgIpc) is 2.88. The Labute approximate surface area is 119 Å². The number of hydrogen-bond acceptors (Lipinski definition) is 6. The predicted molar refractivity (Wildman–Crippen MR) is 77.4 cm³/mol. The Bertz CT molecular complexity index is 540. The molecule has 0 amide bonds. The molecule has 0 aliphatic rings. The number of anilines is 1. The molecule has 0 aromatic carbocycles. The summed E-state index contributed by atoms with van der Waals surface area (Å²) in [5.74, 6) is 0.609. The molecule has 2 aromatic heterocycles. The molecular formula is C14H21N5O. The first kappa shape index (κ1) is 14.5. The molecule has 0 aliphatic carbocycles. The van der Waals surface area contributed by atoms with Crippen LogP contribution in [0.4, 0.5) is 6.01 Å². The van der Waals surface area contributed by atoms with Gasteiger partial charge in [-0.15, -0.1) is 5.10 Å². The van der Waals surface area contributed by atoms with E-state index in [2.05, 4.69) is 27.4 Å². The van der Waals surface area contributed by atoms with Crippen molar-refractivity contribution in [2.45, 2.75) is 33.4 Å². The number of pyridine rings is 1. The van der Waals surface area contributed by atoms with Crippen LogP contribution in [0.25, 0.3) is 0 Å². The number of rotatable bonds is 7. The molecule has 1 N–H and O–H groups in total. The summed E-state index contributed by atoms with van der Waals surface area (Å²) < 4.78 is 5.61. The van der Waals surface area contributed by atoms with Crippen LogP contribution in [0.15, 0.2) is 22.6 Å². The van der Waals surface area contributed by atoms with Gasteiger partial charge in [0.2, 0.25) is 5.89 Å². The lowest BCUT2D eigenvalue weighted by Gasteiger charge is -2.13. The van der Waals surface area contributed by atoms with E-state index >= 15 is 0 Å². The van der Waals surface area contributed by atoms with Crippen LogP contribution in [0.5, 0.6) is 0 Å². The van der Waals surface area contributed by atoms with Gasteiger partial charge >= 0.3 is 6.01 Å². The maximum Gasteiger partial charge on any atom is 0.318 e. The molecule has 108 valence electrons. The van der Waals surface area contributed by atoms with Crippen LogP contribution in [-0.4, -0.2) is 28.8 Å². The van der Waals surface area contributed by atoms with Gasteiger partial charge in [0.25, 0.3) is 0 Å². The summed E-state index contributed by atoms with van der Waals surface area (Å²) in [6.45, 7) is 6.30. The molecule has 6 heteroatoms. The lowest BCUT2D eigenvalue weighted by Crippen LogP contribution is -2.17. The van der Waals surface area contributed by atoms with E-state index in [1.807, 2.05) is 37.1 Å². The first-order valence-corrected chi connectivity index (χ1v) is 6.86. The molecule has 2 aromatic rings. The molecule has 0 saturated carbocycles. The Kier molecular flexibility index (Phi) is 5.06. The minimum atomic E-state index is 0.515. The Morgan fingerprint density at radius 2 is 2.15 bits per heavy atom. The third kappa shape index (κ3) is 4.03. The van der Waals surface area contributed by atoms with Gasteiger partial charge in [-0.05, 0) is 32.0 Å². The molecule has 0 unspecified atom stereocenters. The highest BCUT2D eigenvalue weighted by Gasteiger charge is 2.11. The van der Waals surface area contributed by atoms with Gasteiger partial charge in [-0.3, -0.25) is 4.98 Å². The van der Waals surface area contributed by atoms with Gasteiger partial charge < -0.3 is 14.6 Å². The minimum Gasteiger partial charge on any atom is -0.407 e. The zero-order chi connectivity index (χ0) is 14.4. The second-order valence-electron chi connectivity index (χ2n) is 4.78. The molecule has 2 heterocycles. The summed E-state index contributed by atoms with van der Waals surface area (Å²) in [5.41, 5.74) is 1.99. The molecule has 0 bridgehead atoms. The highest BCUT2D eigenvalue weighted by molar-refractivity contribution is 5.24. The van der Waals surface area contributed by atoms with Crippen molar-refractivity contribution >= 4 is 6.01 Å². The Hall–Kier alpha value is -1.95. The smallest absolute Gasteiger partial charge is 0.318 e. The SMILES string of the molecule is CCCNCc1nnc(N(C)Cc2cccc(C)n2)o1. The van der Waals surface area contributed by atoms with Crippen molar-refractivity contribution < 1.29 is 4.42 Å². The maximum absolute atomic E-state index is 5.61. The number of nitrogens with zero attached hydrogens (tertiary/aromatic N) is 4. The standard InChI is InChI=1S/C14H21N5O/c1-4-8-15-9-13-17-18-14(20-13)19(3)10-12-7-5-6-11(2)16-12/h5-7,15H,4,8-10H2,1-3H3. The molecule has 0 saturated heterocycles. The van der Waals surface area contributed by atoms with E-state index in [0.29, 0.717) is 25.0 Å². The number of aryl methyl sites for hydroxylation is 1. The average molecular weight is 275 g/mol. The highest BCUT2D eigenvalue weighted by Crippen LogP contribution is 2.13. The van der Waals surface area contributed by atoms with E-state index in [9.17, 15) is 0 Å². The lowest BCUT2D eigenvalue weighted by atomic mass is 10.3. The van der Waals surface area contributed by atoms with E-state index < -0.39 is 0 Å². The summed E-state index contributed by atoms with van der Waals surface area (Å²) >= 11 is 0. The monoisotopic (exact) mass is 275 g/mol. The quantitative estimate of drug-likeness (QED) is 0.779. The van der Waals surface area contributed by atoms with Gasteiger partial charge in [0.1, 0.15) is 0 Å². The second-order valence-corrected chi connectivity index (χ2v) is 4.78. The largest absolute Gasteiger partial charge is 0.407 e. The summed E-state index contributed by atoms with van der Waals surface area (Å²) in [6.07, 6.45) is 1.08. The Morgan fingerprint density at radius 1 is 1.30 bits per heavy atom. The van der Waals surface area contributed by atoms with E-state index in [4.69, 9.17) is 4.42 Å². The van der Waals surface area contributed by atoms with E-state index in [-0.39, 0.29) is 0 Å². The van der Waals surface area contributed by atoms with Crippen LogP contribution in [0.2, 0.25) is 0 Å². The minimum absolute atomic E-state index is 0.515. The molecule has 0 radical (unpaired) electrons. The Balaban J connectivity index is 1.93. The summed E-state index contributed by atoms with van der Waals surface area (Å²) in [5, 5.41) is 11.3. The zero-order valence-electron chi connectivity index (χ0n) is 12.3. The fourth-order valence-electron chi connectivity index (χ4n) is 1.84. The van der Waals surface area contributed by atoms with Gasteiger partial charge in [-0.2, -0.15) is 0 Å². The van der Waals surface area contributed by atoms with Crippen LogP contribution in [0, 0.1) is 6.92 Å². The third-order valence-electron chi connectivity index (χ3n) is 2.83. The summed E-state index contributed by atoms with van der Waals surface area (Å²) in [4.78, 5) is 6.36. The maximum atomic E-state index is 5.61. The van der Waals surface area contributed by atoms with Gasteiger partial charge in [0.15, 0.2) is 0 Å². The number of hydrogen-bond donors (Lipinski definition) is 1. The number of nitrogens with one attached hydrogen (secondary N) is 1. The fraction of sp³-hybridized carbons (Fsp3) is 0.500. The van der Waals surface area contributed by atoms with Gasteiger partial charge in [-0.1, -0.05) is 18.1 Å². The predicted octanol–water partition coefficient (Wildman–Crippen LogP) is 1.91. The van der Waals surface area contributed by atoms with Crippen molar-refractivity contribution in [3.63, 3.8) is 0 Å². The van der Waals surface area contributed by atoms with Gasteiger partial charge in [-0.25, -0.2) is 0 Å². The molecule has 0 atom stereocenters. The molecule has 0 fully saturated rings. The van der Waals surface area contributed by atoms with Crippen molar-refractivity contribution in [3.8, 4) is 0 Å². The van der Waals surface area contributed by atoms with E-state index in [0.717, 1.165) is 24.4 Å². The normalized spacial score (nSPS) is 10.8. The van der Waals surface area contributed by atoms with Crippen molar-refractivity contribution in [3.05, 3.63) is 35.5 Å². The van der Waals surface area contributed by atoms with Crippen molar-refractivity contribution in [1.29, 1.82) is 0 Å². The first-order valence-electron chi connectivity index (χ1n) is 6.86. The summed E-state index contributed by atoms with van der Waals surface area (Å²) in [7, 11) is 1.92. The molecular weight excluding hydrogens is 254 g/mol. The zero-order valence-corrected chi connectivity index (χ0v) is 12.3. The topological polar surface area (TPSA) is 67.1 Å². The van der Waals surface area contributed by atoms with Crippen LogP contribution >= 0.6 is 0 Å². The first-order chi connectivity index (χ1) is 9.69. The molecule has 2 rings (SSSR count). The molecule has 0 aliphatic heterocycles. The second kappa shape index (κ2) is 7.00. The molecule has 6 nitrogen and oxygen atoms in total. The fourth-order valence-corrected chi connectivity index (χ4v) is 1.84. The Morgan fingerprint density at radius 3 is 2.90 bits per heavy atom. The van der Waals surface area contributed by atoms with Crippen LogP contribution in [0.3, 0.4) is 0 Å². The van der Waals surface area contributed by atoms with Crippen molar-refractivity contribution in [1.82, 2.24) is 20.5 Å². The molecule has 20 heavy (non-hydrogen) atoms. The van der Waals surface area contributed by atoms with Gasteiger partial charge in [0.05, 0.1) is 18.8 Å². The van der Waals surface area contributed by atoms with E-state index in [1.165, 1.54) is 0 Å². The van der Waals surface area contributed by atoms with Crippen molar-refractivity contribution in [2.24, 2.45) is 0 Å². The van der Waals surface area contributed by atoms with E-state index in [1.54, 1.807) is 0 Å². The summed E-state index contributed by atoms with van der Waals surface area (Å²) in [6, 6.07) is 6.48. The van der Waals surface area contributed by atoms with Crippen LogP contribution < -0.4 is 10.2 Å². The third-order valence-corrected chi connectivity index (χ3v) is 2.83. The lowest BCUT2D eigenvalue weighted by molar-refractivity contribution is 0.464. The van der Waals surface area contributed by atoms with Crippen molar-refractivity contribution in [2.75, 3.05) is 18.5 Å². The number of aromatic nitrogens is 3. The van der Waals surface area contributed by atoms with Crippen LogP contribution in [0.1, 0.15) is 30.6 Å². The molecule has 0 spiro atoms. The van der Waals surface area contributed by atoms with Crippen LogP contribution in [-0.2, 0) is 13.1 Å². The van der Waals surface area contributed by atoms with Gasteiger partial charge in [0, 0.05) is 12.7 Å². The highest BCUT2D eigenvalue weighted by atomic mass is 16.4.